The number of aromatic hydroxyl groups is 2. The van der Waals surface area contributed by atoms with Gasteiger partial charge in [0.25, 0.3) is 0 Å². The summed E-state index contributed by atoms with van der Waals surface area (Å²) in [7, 11) is 0. The smallest absolute Gasteiger partial charge is 0.338 e. The van der Waals surface area contributed by atoms with Crippen molar-refractivity contribution in [3.05, 3.63) is 83.4 Å². The van der Waals surface area contributed by atoms with E-state index in [0.29, 0.717) is 16.8 Å². The minimum absolute atomic E-state index is 0.209. The molecule has 3 aliphatic heterocycles. The monoisotopic (exact) mass is 527 g/mol. The number of hydrogen-bond donors (Lipinski definition) is 4. The second kappa shape index (κ2) is 8.95. The Morgan fingerprint density at radius 3 is 2.44 bits per heavy atom. The number of rotatable bonds is 5. The standard InChI is InChI=1S/C29H25N3O7/c1-2-39-27(37)16-8-10-17(11-9-16)32-25(35)23-20(13-15-7-12-21(33)22(34)14-15)31-29(24(23)26(32)36)18-5-3-4-6-19(18)30-28(29)38/h3-12,14,20,23-24,31,33-34H,2,13H2,1H3,(H,30,38)/t20-,23-,24-,29-/m0/s1. The first-order valence-corrected chi connectivity index (χ1v) is 12.6. The lowest BCUT2D eigenvalue weighted by molar-refractivity contribution is -0.130. The molecule has 3 amide bonds. The number of ether oxygens (including phenoxy) is 1. The van der Waals surface area contributed by atoms with E-state index < -0.39 is 47.1 Å². The van der Waals surface area contributed by atoms with Gasteiger partial charge in [0.05, 0.1) is 29.7 Å². The van der Waals surface area contributed by atoms with Gasteiger partial charge in [-0.3, -0.25) is 19.7 Å². The van der Waals surface area contributed by atoms with Crippen LogP contribution in [0.15, 0.2) is 66.7 Å². The molecule has 0 radical (unpaired) electrons. The normalized spacial score (nSPS) is 25.1. The number of carbonyl (C=O) groups is 4. The van der Waals surface area contributed by atoms with Gasteiger partial charge in [0.15, 0.2) is 11.5 Å². The van der Waals surface area contributed by atoms with Crippen LogP contribution < -0.4 is 15.5 Å². The molecule has 10 nitrogen and oxygen atoms in total. The van der Waals surface area contributed by atoms with Gasteiger partial charge in [-0.15, -0.1) is 0 Å². The van der Waals surface area contributed by atoms with Crippen molar-refractivity contribution < 1.29 is 34.1 Å². The van der Waals surface area contributed by atoms with Crippen LogP contribution in [0.25, 0.3) is 0 Å². The van der Waals surface area contributed by atoms with E-state index >= 15 is 0 Å². The third kappa shape index (κ3) is 3.59. The van der Waals surface area contributed by atoms with Gasteiger partial charge in [0, 0.05) is 17.3 Å². The van der Waals surface area contributed by atoms with Crippen LogP contribution >= 0.6 is 0 Å². The molecule has 0 saturated carbocycles. The zero-order valence-electron chi connectivity index (χ0n) is 20.9. The van der Waals surface area contributed by atoms with Crippen molar-refractivity contribution in [1.82, 2.24) is 5.32 Å². The van der Waals surface area contributed by atoms with Crippen molar-refractivity contribution in [2.24, 2.45) is 11.8 Å². The zero-order valence-corrected chi connectivity index (χ0v) is 20.9. The number of para-hydroxylation sites is 1. The number of benzene rings is 3. The average Bonchev–Trinajstić information content (AvgIpc) is 3.50. The van der Waals surface area contributed by atoms with Crippen LogP contribution in [0.1, 0.15) is 28.4 Å². The summed E-state index contributed by atoms with van der Waals surface area (Å²) in [5.74, 6) is -4.44. The number of nitrogens with one attached hydrogen (secondary N) is 2. The summed E-state index contributed by atoms with van der Waals surface area (Å²) in [6.07, 6.45) is 0.209. The van der Waals surface area contributed by atoms with E-state index in [9.17, 15) is 29.4 Å². The van der Waals surface area contributed by atoms with Crippen LogP contribution in [0.5, 0.6) is 11.5 Å². The molecule has 10 heteroatoms. The predicted octanol–water partition coefficient (Wildman–Crippen LogP) is 2.44. The number of nitrogens with zero attached hydrogens (tertiary/aromatic N) is 1. The Balaban J connectivity index is 1.42. The lowest BCUT2D eigenvalue weighted by Crippen LogP contribution is -2.53. The molecule has 4 atom stereocenters. The first-order valence-electron chi connectivity index (χ1n) is 12.6. The third-order valence-electron chi connectivity index (χ3n) is 7.75. The highest BCUT2D eigenvalue weighted by molar-refractivity contribution is 6.25. The Morgan fingerprint density at radius 1 is 0.974 bits per heavy atom. The Labute approximate surface area is 223 Å². The Bertz CT molecular complexity index is 1540. The molecule has 1 spiro atoms. The largest absolute Gasteiger partial charge is 0.504 e. The minimum Gasteiger partial charge on any atom is -0.504 e. The van der Waals surface area contributed by atoms with Gasteiger partial charge in [0.2, 0.25) is 17.7 Å². The Morgan fingerprint density at radius 2 is 1.72 bits per heavy atom. The molecule has 4 N–H and O–H groups in total. The summed E-state index contributed by atoms with van der Waals surface area (Å²) in [6, 6.07) is 16.8. The van der Waals surface area contributed by atoms with E-state index in [1.807, 2.05) is 0 Å². The molecular weight excluding hydrogens is 502 g/mol. The summed E-state index contributed by atoms with van der Waals surface area (Å²) in [5.41, 5.74) is 0.859. The fourth-order valence-corrected chi connectivity index (χ4v) is 6.10. The van der Waals surface area contributed by atoms with Crippen LogP contribution in [0.4, 0.5) is 11.4 Å². The van der Waals surface area contributed by atoms with Crippen molar-refractivity contribution in [3.63, 3.8) is 0 Å². The molecule has 2 saturated heterocycles. The lowest BCUT2D eigenvalue weighted by Gasteiger charge is -2.29. The number of phenols is 2. The summed E-state index contributed by atoms with van der Waals surface area (Å²) in [4.78, 5) is 54.8. The summed E-state index contributed by atoms with van der Waals surface area (Å²) >= 11 is 0. The Kier molecular flexibility index (Phi) is 5.65. The molecule has 3 aliphatic rings. The van der Waals surface area contributed by atoms with Gasteiger partial charge in [-0.1, -0.05) is 24.3 Å². The highest BCUT2D eigenvalue weighted by atomic mass is 16.5. The first-order chi connectivity index (χ1) is 18.8. The van der Waals surface area contributed by atoms with E-state index in [1.54, 1.807) is 37.3 Å². The molecule has 3 aromatic carbocycles. The zero-order chi connectivity index (χ0) is 27.5. The summed E-state index contributed by atoms with van der Waals surface area (Å²) < 4.78 is 5.02. The van der Waals surface area contributed by atoms with Crippen LogP contribution in [0.3, 0.4) is 0 Å². The number of anilines is 2. The molecule has 0 aliphatic carbocycles. The number of carbonyl (C=O) groups excluding carboxylic acids is 4. The van der Waals surface area contributed by atoms with Crippen molar-refractivity contribution >= 4 is 35.1 Å². The van der Waals surface area contributed by atoms with Gasteiger partial charge in [-0.2, -0.15) is 0 Å². The number of phenolic OH excluding ortho intramolecular Hbond substituents is 2. The predicted molar refractivity (Wildman–Crippen MR) is 139 cm³/mol. The molecule has 3 heterocycles. The lowest BCUT2D eigenvalue weighted by atomic mass is 9.76. The highest BCUT2D eigenvalue weighted by Crippen LogP contribution is 2.53. The highest BCUT2D eigenvalue weighted by Gasteiger charge is 2.70. The number of imide groups is 1. The van der Waals surface area contributed by atoms with Gasteiger partial charge < -0.3 is 20.3 Å². The van der Waals surface area contributed by atoms with Gasteiger partial charge in [-0.05, 0) is 61.4 Å². The summed E-state index contributed by atoms with van der Waals surface area (Å²) in [5, 5.41) is 26.0. The maximum absolute atomic E-state index is 14.1. The second-order valence-electron chi connectivity index (χ2n) is 9.87. The fourth-order valence-electron chi connectivity index (χ4n) is 6.10. The molecule has 6 rings (SSSR count). The molecule has 3 aromatic rings. The fraction of sp³-hybridized carbons (Fsp3) is 0.241. The maximum Gasteiger partial charge on any atom is 0.338 e. The minimum atomic E-state index is -1.47. The Hall–Kier alpha value is -4.70. The molecule has 2 fully saturated rings. The number of amides is 3. The van der Waals surface area contributed by atoms with Crippen LogP contribution in [-0.2, 0) is 31.1 Å². The number of fused-ring (bicyclic) bond motifs is 4. The molecule has 0 unspecified atom stereocenters. The van der Waals surface area contributed by atoms with Crippen LogP contribution in [-0.4, -0.2) is 46.6 Å². The van der Waals surface area contributed by atoms with Crippen molar-refractivity contribution in [3.8, 4) is 11.5 Å². The van der Waals surface area contributed by atoms with E-state index in [0.717, 1.165) is 4.90 Å². The molecule has 0 bridgehead atoms. The van der Waals surface area contributed by atoms with Crippen molar-refractivity contribution in [1.29, 1.82) is 0 Å². The van der Waals surface area contributed by atoms with Crippen molar-refractivity contribution in [2.75, 3.05) is 16.8 Å². The third-order valence-corrected chi connectivity index (χ3v) is 7.75. The van der Waals surface area contributed by atoms with Gasteiger partial charge in [-0.25, -0.2) is 9.69 Å². The topological polar surface area (TPSA) is 145 Å². The molecule has 39 heavy (non-hydrogen) atoms. The maximum atomic E-state index is 14.1. The van der Waals surface area contributed by atoms with Gasteiger partial charge in [0.1, 0.15) is 5.54 Å². The quantitative estimate of drug-likeness (QED) is 0.225. The van der Waals surface area contributed by atoms with E-state index in [1.165, 1.54) is 36.4 Å². The van der Waals surface area contributed by atoms with Crippen LogP contribution in [0, 0.1) is 11.8 Å². The van der Waals surface area contributed by atoms with Crippen LogP contribution in [0.2, 0.25) is 0 Å². The van der Waals surface area contributed by atoms with Gasteiger partial charge >= 0.3 is 5.97 Å². The molecule has 198 valence electrons. The van der Waals surface area contributed by atoms with E-state index in [4.69, 9.17) is 4.74 Å². The summed E-state index contributed by atoms with van der Waals surface area (Å²) in [6.45, 7) is 1.91. The number of esters is 1. The molecule has 0 aromatic heterocycles. The second-order valence-corrected chi connectivity index (χ2v) is 9.87. The average molecular weight is 528 g/mol. The molecular formula is C29H25N3O7. The van der Waals surface area contributed by atoms with E-state index in [2.05, 4.69) is 10.6 Å². The van der Waals surface area contributed by atoms with E-state index in [-0.39, 0.29) is 35.8 Å². The first kappa shape index (κ1) is 24.6. The van der Waals surface area contributed by atoms with Crippen molar-refractivity contribution in [2.45, 2.75) is 24.9 Å². The SMILES string of the molecule is CCOC(=O)c1ccc(N2C(=O)[C@H]3[C@H](Cc4ccc(O)c(O)c4)N[C@]4(C(=O)Nc5ccccc54)[C@@H]3C2=O)cc1. The number of hydrogen-bond acceptors (Lipinski definition) is 8.